The maximum absolute atomic E-state index is 8.27. The Morgan fingerprint density at radius 2 is 2.00 bits per heavy atom. The van der Waals surface area contributed by atoms with E-state index < -0.39 is 0 Å². The number of oxime groups is 1. The van der Waals surface area contributed by atoms with Crippen LogP contribution in [0.3, 0.4) is 0 Å². The van der Waals surface area contributed by atoms with Crippen LogP contribution in [0.25, 0.3) is 0 Å². The number of hydrogen-bond acceptors (Lipinski definition) is 5. The van der Waals surface area contributed by atoms with Crippen LogP contribution in [0.5, 0.6) is 0 Å². The fraction of sp³-hybridized carbons (Fsp3) is 0.727. The molecular formula is C11H19N3O2. The van der Waals surface area contributed by atoms with E-state index in [4.69, 9.17) is 9.73 Å². The summed E-state index contributed by atoms with van der Waals surface area (Å²) in [6, 6.07) is 0. The van der Waals surface area contributed by atoms with E-state index in [1.807, 2.05) is 0 Å². The summed E-state index contributed by atoms with van der Waals surface area (Å²) in [7, 11) is 0. The number of aryl methyl sites for hydroxylation is 1. The van der Waals surface area contributed by atoms with Crippen molar-refractivity contribution in [2.24, 2.45) is 5.16 Å². The van der Waals surface area contributed by atoms with Gasteiger partial charge >= 0.3 is 0 Å². The van der Waals surface area contributed by atoms with E-state index in [1.54, 1.807) is 0 Å². The molecule has 1 aromatic heterocycles. The number of rotatable bonds is 8. The van der Waals surface area contributed by atoms with Gasteiger partial charge in [0.15, 0.2) is 5.82 Å². The molecule has 0 atom stereocenters. The van der Waals surface area contributed by atoms with Crippen molar-refractivity contribution in [1.82, 2.24) is 10.1 Å². The molecule has 0 aliphatic rings. The minimum atomic E-state index is 0.253. The molecule has 0 amide bonds. The predicted octanol–water partition coefficient (Wildman–Crippen LogP) is 2.78. The van der Waals surface area contributed by atoms with E-state index in [1.165, 1.54) is 32.1 Å². The summed E-state index contributed by atoms with van der Waals surface area (Å²) in [5.74, 6) is 0.939. The van der Waals surface area contributed by atoms with Crippen molar-refractivity contribution < 1.29 is 9.73 Å². The molecule has 1 heterocycles. The van der Waals surface area contributed by atoms with Gasteiger partial charge in [-0.1, -0.05) is 49.3 Å². The highest BCUT2D eigenvalue weighted by molar-refractivity contribution is 5.72. The number of unbranched alkanes of at least 4 members (excludes halogenated alkanes) is 5. The Bertz CT molecular complexity index is 310. The van der Waals surface area contributed by atoms with E-state index in [0.717, 1.165) is 19.1 Å². The Labute approximate surface area is 95.5 Å². The number of aromatic nitrogens is 2. The maximum atomic E-state index is 8.27. The lowest BCUT2D eigenvalue weighted by Crippen LogP contribution is -1.89. The molecule has 5 heteroatoms. The molecule has 0 unspecified atom stereocenters. The Morgan fingerprint density at radius 3 is 2.75 bits per heavy atom. The highest BCUT2D eigenvalue weighted by atomic mass is 16.5. The number of hydrogen-bond donors (Lipinski definition) is 1. The maximum Gasteiger partial charge on any atom is 0.272 e. The Balaban J connectivity index is 2.12. The van der Waals surface area contributed by atoms with Crippen molar-refractivity contribution in [2.75, 3.05) is 0 Å². The van der Waals surface area contributed by atoms with Crippen molar-refractivity contribution in [2.45, 2.75) is 51.9 Å². The van der Waals surface area contributed by atoms with Crippen molar-refractivity contribution in [3.63, 3.8) is 0 Å². The molecule has 1 aromatic rings. The van der Waals surface area contributed by atoms with Gasteiger partial charge in [0.2, 0.25) is 0 Å². The normalized spacial score (nSPS) is 11.3. The molecule has 0 saturated carbocycles. The summed E-state index contributed by atoms with van der Waals surface area (Å²) in [5, 5.41) is 14.9. The molecule has 16 heavy (non-hydrogen) atoms. The van der Waals surface area contributed by atoms with E-state index in [2.05, 4.69) is 22.2 Å². The van der Waals surface area contributed by atoms with E-state index in [0.29, 0.717) is 5.82 Å². The second-order valence-corrected chi connectivity index (χ2v) is 3.81. The SMILES string of the molecule is CCCCCCCCc1noc(/C=N/O)n1. The lowest BCUT2D eigenvalue weighted by Gasteiger charge is -1.97. The first kappa shape index (κ1) is 12.7. The van der Waals surface area contributed by atoms with Gasteiger partial charge in [0.25, 0.3) is 5.89 Å². The molecule has 0 fully saturated rings. The Hall–Kier alpha value is -1.39. The largest absolute Gasteiger partial charge is 0.411 e. The molecule has 1 N–H and O–H groups in total. The van der Waals surface area contributed by atoms with Gasteiger partial charge in [-0.2, -0.15) is 4.98 Å². The van der Waals surface area contributed by atoms with Gasteiger partial charge in [-0.15, -0.1) is 0 Å². The second-order valence-electron chi connectivity index (χ2n) is 3.81. The van der Waals surface area contributed by atoms with Gasteiger partial charge in [0.05, 0.1) is 0 Å². The summed E-state index contributed by atoms with van der Waals surface area (Å²) in [4.78, 5) is 4.05. The van der Waals surface area contributed by atoms with Crippen LogP contribution >= 0.6 is 0 Å². The summed E-state index contributed by atoms with van der Waals surface area (Å²) < 4.78 is 4.83. The summed E-state index contributed by atoms with van der Waals surface area (Å²) in [5.41, 5.74) is 0. The van der Waals surface area contributed by atoms with Crippen LogP contribution in [-0.2, 0) is 6.42 Å². The minimum Gasteiger partial charge on any atom is -0.411 e. The summed E-state index contributed by atoms with van der Waals surface area (Å²) >= 11 is 0. The average Bonchev–Trinajstić information content (AvgIpc) is 2.72. The molecule has 0 aromatic carbocycles. The third kappa shape index (κ3) is 4.91. The molecule has 0 aliphatic carbocycles. The monoisotopic (exact) mass is 225 g/mol. The number of nitrogens with zero attached hydrogens (tertiary/aromatic N) is 3. The Morgan fingerprint density at radius 1 is 1.25 bits per heavy atom. The lowest BCUT2D eigenvalue weighted by atomic mass is 10.1. The standard InChI is InChI=1S/C11H19N3O2/c1-2-3-4-5-6-7-8-10-13-11(9-12-15)16-14-10/h9,15H,2-8H2,1H3/b12-9+. The van der Waals surface area contributed by atoms with Gasteiger partial charge in [-0.3, -0.25) is 0 Å². The van der Waals surface area contributed by atoms with Gasteiger partial charge in [0, 0.05) is 6.42 Å². The van der Waals surface area contributed by atoms with Crippen LogP contribution in [0.2, 0.25) is 0 Å². The first-order valence-corrected chi connectivity index (χ1v) is 5.87. The van der Waals surface area contributed by atoms with Crippen LogP contribution < -0.4 is 0 Å². The Kier molecular flexibility index (Phi) is 6.22. The molecule has 0 saturated heterocycles. The van der Waals surface area contributed by atoms with Crippen molar-refractivity contribution in [1.29, 1.82) is 0 Å². The van der Waals surface area contributed by atoms with Gasteiger partial charge in [-0.25, -0.2) is 0 Å². The molecule has 0 spiro atoms. The summed E-state index contributed by atoms with van der Waals surface area (Å²) in [6.45, 7) is 2.21. The first-order chi connectivity index (χ1) is 7.86. The highest BCUT2D eigenvalue weighted by Gasteiger charge is 2.03. The highest BCUT2D eigenvalue weighted by Crippen LogP contribution is 2.07. The quantitative estimate of drug-likeness (QED) is 0.319. The van der Waals surface area contributed by atoms with E-state index in [-0.39, 0.29) is 5.89 Å². The first-order valence-electron chi connectivity index (χ1n) is 5.87. The minimum absolute atomic E-state index is 0.253. The van der Waals surface area contributed by atoms with Gasteiger partial charge in [-0.05, 0) is 6.42 Å². The third-order valence-corrected chi connectivity index (χ3v) is 2.41. The zero-order chi connectivity index (χ0) is 11.6. The molecule has 90 valence electrons. The molecule has 5 nitrogen and oxygen atoms in total. The fourth-order valence-electron chi connectivity index (χ4n) is 1.53. The third-order valence-electron chi connectivity index (χ3n) is 2.41. The smallest absolute Gasteiger partial charge is 0.272 e. The van der Waals surface area contributed by atoms with E-state index in [9.17, 15) is 0 Å². The van der Waals surface area contributed by atoms with Crippen LogP contribution in [-0.4, -0.2) is 21.6 Å². The molecule has 0 radical (unpaired) electrons. The van der Waals surface area contributed by atoms with Crippen LogP contribution in [0.4, 0.5) is 0 Å². The topological polar surface area (TPSA) is 71.5 Å². The van der Waals surface area contributed by atoms with Gasteiger partial charge in [0.1, 0.15) is 6.21 Å². The fourth-order valence-corrected chi connectivity index (χ4v) is 1.53. The van der Waals surface area contributed by atoms with Crippen molar-refractivity contribution in [3.05, 3.63) is 11.7 Å². The second kappa shape index (κ2) is 7.84. The molecule has 0 aliphatic heterocycles. The van der Waals surface area contributed by atoms with Crippen LogP contribution in [0, 0.1) is 0 Å². The average molecular weight is 225 g/mol. The molecule has 1 rings (SSSR count). The lowest BCUT2D eigenvalue weighted by molar-refractivity contribution is 0.318. The zero-order valence-electron chi connectivity index (χ0n) is 9.72. The summed E-state index contributed by atoms with van der Waals surface area (Å²) in [6.07, 6.45) is 9.43. The van der Waals surface area contributed by atoms with E-state index >= 15 is 0 Å². The van der Waals surface area contributed by atoms with Gasteiger partial charge < -0.3 is 9.73 Å². The predicted molar refractivity (Wildman–Crippen MR) is 60.8 cm³/mol. The van der Waals surface area contributed by atoms with Crippen molar-refractivity contribution in [3.8, 4) is 0 Å². The van der Waals surface area contributed by atoms with Crippen LogP contribution in [0.15, 0.2) is 9.68 Å². The molecular weight excluding hydrogens is 206 g/mol. The molecule has 0 bridgehead atoms. The zero-order valence-corrected chi connectivity index (χ0v) is 9.72. The van der Waals surface area contributed by atoms with Crippen molar-refractivity contribution >= 4 is 6.21 Å². The van der Waals surface area contributed by atoms with Crippen LogP contribution in [0.1, 0.15) is 57.2 Å².